The van der Waals surface area contributed by atoms with Crippen LogP contribution < -0.4 is 5.32 Å². The number of hydrogen-bond acceptors (Lipinski definition) is 3. The van der Waals surface area contributed by atoms with Crippen molar-refractivity contribution in [1.29, 1.82) is 0 Å². The van der Waals surface area contributed by atoms with Gasteiger partial charge in [0.2, 0.25) is 0 Å². The molecule has 0 saturated heterocycles. The average molecular weight is 272 g/mol. The van der Waals surface area contributed by atoms with E-state index in [4.69, 9.17) is 4.74 Å². The molecule has 0 atom stereocenters. The third-order valence-electron chi connectivity index (χ3n) is 2.98. The van der Waals surface area contributed by atoms with Crippen molar-refractivity contribution in [3.63, 3.8) is 0 Å². The van der Waals surface area contributed by atoms with Crippen molar-refractivity contribution in [2.24, 2.45) is 11.3 Å². The summed E-state index contributed by atoms with van der Waals surface area (Å²) < 4.78 is 5.23. The van der Waals surface area contributed by atoms with E-state index in [-0.39, 0.29) is 11.0 Å². The smallest absolute Gasteiger partial charge is 0.0589 e. The minimum absolute atomic E-state index is 0.187. The third kappa shape index (κ3) is 11.4. The molecular weight excluding hydrogens is 236 g/mol. The molecule has 0 rings (SSSR count). The maximum absolute atomic E-state index is 5.23. The van der Waals surface area contributed by atoms with Crippen LogP contribution in [0.1, 0.15) is 48.5 Å². The van der Waals surface area contributed by atoms with E-state index in [9.17, 15) is 0 Å². The Bertz CT molecular complexity index is 231. The molecule has 0 amide bonds. The molecule has 0 saturated carbocycles. The first kappa shape index (κ1) is 18.9. The van der Waals surface area contributed by atoms with Crippen LogP contribution in [0.3, 0.4) is 0 Å². The Hall–Kier alpha value is -0.120. The standard InChI is InChI=1S/C16H36N2O/c1-14(2)11-18(9-10-19-8)13-16(6,7)12-17-15(3,4)5/h14,17H,9-13H2,1-8H3. The van der Waals surface area contributed by atoms with Crippen molar-refractivity contribution < 1.29 is 4.74 Å². The predicted octanol–water partition coefficient (Wildman–Crippen LogP) is 3.01. The molecule has 1 N–H and O–H groups in total. The van der Waals surface area contributed by atoms with Gasteiger partial charge in [0.15, 0.2) is 0 Å². The van der Waals surface area contributed by atoms with E-state index in [1.54, 1.807) is 7.11 Å². The van der Waals surface area contributed by atoms with E-state index < -0.39 is 0 Å². The zero-order valence-corrected chi connectivity index (χ0v) is 14.5. The van der Waals surface area contributed by atoms with Crippen LogP contribution in [-0.4, -0.2) is 50.3 Å². The lowest BCUT2D eigenvalue weighted by Gasteiger charge is -2.36. The summed E-state index contributed by atoms with van der Waals surface area (Å²) in [5.74, 6) is 0.697. The van der Waals surface area contributed by atoms with Gasteiger partial charge in [0, 0.05) is 38.8 Å². The molecule has 0 fully saturated rings. The van der Waals surface area contributed by atoms with Crippen molar-refractivity contribution in [3.8, 4) is 0 Å². The molecule has 116 valence electrons. The molecule has 0 unspecified atom stereocenters. The predicted molar refractivity (Wildman–Crippen MR) is 84.7 cm³/mol. The second kappa shape index (κ2) is 8.23. The van der Waals surface area contributed by atoms with Crippen LogP contribution >= 0.6 is 0 Å². The molecule has 0 aromatic heterocycles. The van der Waals surface area contributed by atoms with Crippen molar-refractivity contribution in [1.82, 2.24) is 10.2 Å². The molecule has 0 aromatic carbocycles. The van der Waals surface area contributed by atoms with Crippen LogP contribution in [0.25, 0.3) is 0 Å². The summed E-state index contributed by atoms with van der Waals surface area (Å²) >= 11 is 0. The average Bonchev–Trinajstić information content (AvgIpc) is 2.21. The van der Waals surface area contributed by atoms with Gasteiger partial charge in [-0.3, -0.25) is 0 Å². The molecule has 3 nitrogen and oxygen atoms in total. The number of rotatable bonds is 9. The van der Waals surface area contributed by atoms with E-state index in [1.807, 2.05) is 0 Å². The number of nitrogens with one attached hydrogen (secondary N) is 1. The van der Waals surface area contributed by atoms with Crippen LogP contribution in [0, 0.1) is 11.3 Å². The zero-order chi connectivity index (χ0) is 15.1. The molecule has 0 aliphatic carbocycles. The van der Waals surface area contributed by atoms with E-state index in [2.05, 4.69) is 58.7 Å². The molecule has 0 bridgehead atoms. The normalized spacial score (nSPS) is 13.6. The largest absolute Gasteiger partial charge is 0.383 e. The van der Waals surface area contributed by atoms with Crippen LogP contribution in [0.5, 0.6) is 0 Å². The lowest BCUT2D eigenvalue weighted by Crippen LogP contribution is -2.47. The molecule has 0 aromatic rings. The van der Waals surface area contributed by atoms with Crippen LogP contribution in [0.15, 0.2) is 0 Å². The third-order valence-corrected chi connectivity index (χ3v) is 2.98. The highest BCUT2D eigenvalue weighted by Gasteiger charge is 2.24. The van der Waals surface area contributed by atoms with Gasteiger partial charge in [0.05, 0.1) is 6.61 Å². The summed E-state index contributed by atoms with van der Waals surface area (Å²) in [6, 6.07) is 0. The molecular formula is C16H36N2O. The van der Waals surface area contributed by atoms with Crippen LogP contribution in [-0.2, 0) is 4.74 Å². The Kier molecular flexibility index (Phi) is 8.18. The molecule has 3 heteroatoms. The fourth-order valence-electron chi connectivity index (χ4n) is 2.14. The van der Waals surface area contributed by atoms with Crippen molar-refractivity contribution in [2.75, 3.05) is 39.9 Å². The van der Waals surface area contributed by atoms with Crippen molar-refractivity contribution in [3.05, 3.63) is 0 Å². The zero-order valence-electron chi connectivity index (χ0n) is 14.5. The van der Waals surface area contributed by atoms with Gasteiger partial charge in [-0.25, -0.2) is 0 Å². The summed E-state index contributed by atoms with van der Waals surface area (Å²) in [7, 11) is 1.78. The van der Waals surface area contributed by atoms with E-state index in [1.165, 1.54) is 0 Å². The number of methoxy groups -OCH3 is 1. The first-order valence-corrected chi connectivity index (χ1v) is 7.52. The van der Waals surface area contributed by atoms with Crippen LogP contribution in [0.2, 0.25) is 0 Å². The Morgan fingerprint density at radius 1 is 1.11 bits per heavy atom. The molecule has 0 aliphatic rings. The Morgan fingerprint density at radius 3 is 2.11 bits per heavy atom. The maximum atomic E-state index is 5.23. The lowest BCUT2D eigenvalue weighted by molar-refractivity contribution is 0.106. The second-order valence-corrected chi connectivity index (χ2v) is 7.89. The first-order valence-electron chi connectivity index (χ1n) is 7.52. The molecule has 0 spiro atoms. The highest BCUT2D eigenvalue weighted by Crippen LogP contribution is 2.18. The number of nitrogens with zero attached hydrogens (tertiary/aromatic N) is 1. The summed E-state index contributed by atoms with van der Waals surface area (Å²) in [6.07, 6.45) is 0. The highest BCUT2D eigenvalue weighted by atomic mass is 16.5. The number of hydrogen-bond donors (Lipinski definition) is 1. The van der Waals surface area contributed by atoms with E-state index in [0.717, 1.165) is 32.8 Å². The van der Waals surface area contributed by atoms with Gasteiger partial charge < -0.3 is 15.0 Å². The second-order valence-electron chi connectivity index (χ2n) is 7.89. The fraction of sp³-hybridized carbons (Fsp3) is 1.00. The minimum Gasteiger partial charge on any atom is -0.383 e. The number of ether oxygens (including phenoxy) is 1. The molecule has 0 aliphatic heterocycles. The van der Waals surface area contributed by atoms with Gasteiger partial charge >= 0.3 is 0 Å². The highest BCUT2D eigenvalue weighted by molar-refractivity contribution is 4.81. The van der Waals surface area contributed by atoms with E-state index in [0.29, 0.717) is 5.92 Å². The molecule has 19 heavy (non-hydrogen) atoms. The van der Waals surface area contributed by atoms with E-state index >= 15 is 0 Å². The fourth-order valence-corrected chi connectivity index (χ4v) is 2.14. The van der Waals surface area contributed by atoms with Crippen molar-refractivity contribution in [2.45, 2.75) is 54.0 Å². The summed E-state index contributed by atoms with van der Waals surface area (Å²) in [4.78, 5) is 2.53. The van der Waals surface area contributed by atoms with Gasteiger partial charge in [-0.2, -0.15) is 0 Å². The Labute approximate surface area is 121 Å². The Morgan fingerprint density at radius 2 is 1.68 bits per heavy atom. The molecule has 0 heterocycles. The first-order chi connectivity index (χ1) is 8.56. The monoisotopic (exact) mass is 272 g/mol. The van der Waals surface area contributed by atoms with Gasteiger partial charge in [0.25, 0.3) is 0 Å². The quantitative estimate of drug-likeness (QED) is 0.698. The summed E-state index contributed by atoms with van der Waals surface area (Å²) in [5.41, 5.74) is 0.461. The van der Waals surface area contributed by atoms with Gasteiger partial charge in [-0.05, 0) is 32.1 Å². The SMILES string of the molecule is COCCN(CC(C)C)CC(C)(C)CNC(C)(C)C. The van der Waals surface area contributed by atoms with Crippen LogP contribution in [0.4, 0.5) is 0 Å². The van der Waals surface area contributed by atoms with Gasteiger partial charge in [-0.15, -0.1) is 0 Å². The topological polar surface area (TPSA) is 24.5 Å². The van der Waals surface area contributed by atoms with Crippen molar-refractivity contribution >= 4 is 0 Å². The minimum atomic E-state index is 0.187. The molecule has 0 radical (unpaired) electrons. The Balaban J connectivity index is 4.35. The maximum Gasteiger partial charge on any atom is 0.0589 e. The summed E-state index contributed by atoms with van der Waals surface area (Å²) in [5, 5.41) is 3.62. The lowest BCUT2D eigenvalue weighted by atomic mass is 9.91. The van der Waals surface area contributed by atoms with Gasteiger partial charge in [-0.1, -0.05) is 27.7 Å². The van der Waals surface area contributed by atoms with Gasteiger partial charge in [0.1, 0.15) is 0 Å². The summed E-state index contributed by atoms with van der Waals surface area (Å²) in [6.45, 7) is 21.0.